The van der Waals surface area contributed by atoms with Crippen molar-refractivity contribution in [2.45, 2.75) is 18.6 Å². The van der Waals surface area contributed by atoms with Crippen molar-refractivity contribution in [3.8, 4) is 0 Å². The van der Waals surface area contributed by atoms with Gasteiger partial charge in [-0.15, -0.1) is 0 Å². The van der Waals surface area contributed by atoms with Crippen LogP contribution in [0.3, 0.4) is 0 Å². The first-order valence-corrected chi connectivity index (χ1v) is 8.81. The molecule has 1 atom stereocenters. The second-order valence-electron chi connectivity index (χ2n) is 6.70. The number of rotatable bonds is 2. The number of pyridine rings is 1. The lowest BCUT2D eigenvalue weighted by molar-refractivity contribution is -0.137. The summed E-state index contributed by atoms with van der Waals surface area (Å²) in [7, 11) is 0. The maximum Gasteiger partial charge on any atom is 0.417 e. The van der Waals surface area contributed by atoms with E-state index in [2.05, 4.69) is 15.0 Å². The number of aromatic nitrogens is 3. The summed E-state index contributed by atoms with van der Waals surface area (Å²) in [5.41, 5.74) is 1.77. The first kappa shape index (κ1) is 16.9. The summed E-state index contributed by atoms with van der Waals surface area (Å²) in [6, 6.07) is 11.7. The van der Waals surface area contributed by atoms with Gasteiger partial charge in [-0.05, 0) is 24.3 Å². The number of nitrogens with one attached hydrogen (secondary N) is 1. The number of imidazole rings is 1. The number of anilines is 1. The van der Waals surface area contributed by atoms with E-state index in [0.717, 1.165) is 34.6 Å². The monoisotopic (exact) mass is 384 g/mol. The molecule has 1 aromatic carbocycles. The number of hydrogen-bond acceptors (Lipinski definition) is 4. The van der Waals surface area contributed by atoms with Crippen LogP contribution < -0.4 is 4.90 Å². The van der Waals surface area contributed by atoms with Crippen LogP contribution in [0.5, 0.6) is 0 Å². The number of alkyl halides is 3. The van der Waals surface area contributed by atoms with Gasteiger partial charge in [0.25, 0.3) is 0 Å². The van der Waals surface area contributed by atoms with Crippen molar-refractivity contribution in [1.29, 1.82) is 0 Å². The van der Waals surface area contributed by atoms with Crippen LogP contribution in [-0.2, 0) is 12.6 Å². The van der Waals surface area contributed by atoms with Gasteiger partial charge in [0.2, 0.25) is 0 Å². The van der Waals surface area contributed by atoms with Gasteiger partial charge >= 0.3 is 6.18 Å². The van der Waals surface area contributed by atoms with Crippen molar-refractivity contribution in [2.24, 2.45) is 0 Å². The van der Waals surface area contributed by atoms with Gasteiger partial charge in [-0.25, -0.2) is 9.97 Å². The maximum atomic E-state index is 12.9. The lowest BCUT2D eigenvalue weighted by atomic mass is 10.00. The Bertz CT molecular complexity index is 1100. The molecule has 1 aliphatic rings. The van der Waals surface area contributed by atoms with Crippen LogP contribution in [0.15, 0.2) is 59.4 Å². The van der Waals surface area contributed by atoms with Gasteiger partial charge in [0.15, 0.2) is 0 Å². The summed E-state index contributed by atoms with van der Waals surface area (Å²) in [5.74, 6) is 1.13. The number of H-pyrrole nitrogens is 1. The van der Waals surface area contributed by atoms with Crippen LogP contribution in [0.1, 0.15) is 28.8 Å². The highest BCUT2D eigenvalue weighted by molar-refractivity contribution is 5.78. The molecule has 0 unspecified atom stereocenters. The fourth-order valence-corrected chi connectivity index (χ4v) is 3.67. The van der Waals surface area contributed by atoms with Crippen LogP contribution in [0.4, 0.5) is 19.0 Å². The van der Waals surface area contributed by atoms with E-state index in [1.165, 1.54) is 6.07 Å². The number of para-hydroxylation sites is 1. The molecule has 4 aromatic rings. The zero-order valence-electron chi connectivity index (χ0n) is 14.6. The van der Waals surface area contributed by atoms with E-state index >= 15 is 0 Å². The topological polar surface area (TPSA) is 58.0 Å². The van der Waals surface area contributed by atoms with Gasteiger partial charge < -0.3 is 14.3 Å². The number of benzene rings is 1. The third-order valence-corrected chi connectivity index (χ3v) is 5.01. The van der Waals surface area contributed by atoms with E-state index in [4.69, 9.17) is 4.42 Å². The normalized spacial score (nSPS) is 17.1. The highest BCUT2D eigenvalue weighted by atomic mass is 19.4. The van der Waals surface area contributed by atoms with Gasteiger partial charge in [0.1, 0.15) is 23.2 Å². The summed E-state index contributed by atoms with van der Waals surface area (Å²) >= 11 is 0. The van der Waals surface area contributed by atoms with E-state index in [1.807, 2.05) is 35.2 Å². The highest BCUT2D eigenvalue weighted by Gasteiger charge is 2.35. The molecule has 0 saturated carbocycles. The first-order valence-electron chi connectivity index (χ1n) is 8.81. The number of fused-ring (bicyclic) bond motifs is 2. The Balaban J connectivity index is 1.60. The first-order chi connectivity index (χ1) is 13.5. The SMILES string of the molecule is FC(F)(F)c1ccc(N2CCc3[nH]cnc3[C@H]2c2cc3ccccc3o2)nc1. The quantitative estimate of drug-likeness (QED) is 0.543. The van der Waals surface area contributed by atoms with E-state index in [1.54, 1.807) is 6.33 Å². The van der Waals surface area contributed by atoms with Gasteiger partial charge in [-0.1, -0.05) is 18.2 Å². The van der Waals surface area contributed by atoms with Crippen LogP contribution in [-0.4, -0.2) is 21.5 Å². The molecule has 0 aliphatic carbocycles. The Morgan fingerprint density at radius 2 is 1.96 bits per heavy atom. The Morgan fingerprint density at radius 1 is 1.11 bits per heavy atom. The number of furan rings is 1. The number of halogens is 3. The van der Waals surface area contributed by atoms with E-state index in [0.29, 0.717) is 24.5 Å². The number of hydrogen-bond donors (Lipinski definition) is 1. The van der Waals surface area contributed by atoms with E-state index < -0.39 is 11.7 Å². The van der Waals surface area contributed by atoms with Gasteiger partial charge in [0.05, 0.1) is 17.6 Å². The fourth-order valence-electron chi connectivity index (χ4n) is 3.67. The van der Waals surface area contributed by atoms with Crippen molar-refractivity contribution in [3.05, 3.63) is 77.7 Å². The fraction of sp³-hybridized carbons (Fsp3) is 0.200. The van der Waals surface area contributed by atoms with Gasteiger partial charge in [-0.2, -0.15) is 13.2 Å². The molecular weight excluding hydrogens is 369 g/mol. The summed E-state index contributed by atoms with van der Waals surface area (Å²) in [4.78, 5) is 13.6. The predicted molar refractivity (Wildman–Crippen MR) is 96.9 cm³/mol. The molecule has 0 radical (unpaired) electrons. The molecule has 1 aliphatic heterocycles. The Labute approximate surface area is 157 Å². The summed E-state index contributed by atoms with van der Waals surface area (Å²) in [6.07, 6.45) is -1.23. The van der Waals surface area contributed by atoms with Crippen molar-refractivity contribution < 1.29 is 17.6 Å². The molecule has 5 rings (SSSR count). The molecule has 0 bridgehead atoms. The van der Waals surface area contributed by atoms with Crippen LogP contribution in [0.2, 0.25) is 0 Å². The van der Waals surface area contributed by atoms with Gasteiger partial charge in [-0.3, -0.25) is 0 Å². The minimum Gasteiger partial charge on any atom is -0.458 e. The molecule has 0 amide bonds. The Hall–Kier alpha value is -3.29. The standard InChI is InChI=1S/C20H15F3N4O/c21-20(22,23)13-5-6-17(24-10-13)27-8-7-14-18(26-11-25-14)19(27)16-9-12-3-1-2-4-15(12)28-16/h1-6,9-11,19H,7-8H2,(H,25,26)/t19-/m1/s1. The zero-order valence-corrected chi connectivity index (χ0v) is 14.6. The molecule has 4 heterocycles. The summed E-state index contributed by atoms with van der Waals surface area (Å²) in [6.45, 7) is 0.579. The maximum absolute atomic E-state index is 12.9. The third-order valence-electron chi connectivity index (χ3n) is 5.01. The van der Waals surface area contributed by atoms with Crippen molar-refractivity contribution in [2.75, 3.05) is 11.4 Å². The van der Waals surface area contributed by atoms with Crippen molar-refractivity contribution in [1.82, 2.24) is 15.0 Å². The average molecular weight is 384 g/mol. The molecular formula is C20H15F3N4O. The molecule has 28 heavy (non-hydrogen) atoms. The number of aromatic amines is 1. The largest absolute Gasteiger partial charge is 0.458 e. The second kappa shape index (κ2) is 6.12. The third kappa shape index (κ3) is 2.72. The van der Waals surface area contributed by atoms with Crippen LogP contribution >= 0.6 is 0 Å². The molecule has 0 spiro atoms. The van der Waals surface area contributed by atoms with Crippen LogP contribution in [0, 0.1) is 0 Å². The molecule has 3 aromatic heterocycles. The zero-order chi connectivity index (χ0) is 19.3. The highest BCUT2D eigenvalue weighted by Crippen LogP contribution is 2.39. The second-order valence-corrected chi connectivity index (χ2v) is 6.70. The van der Waals surface area contributed by atoms with Gasteiger partial charge in [0, 0.05) is 30.2 Å². The molecule has 0 saturated heterocycles. The van der Waals surface area contributed by atoms with E-state index in [9.17, 15) is 13.2 Å². The Kier molecular flexibility index (Phi) is 3.68. The molecule has 142 valence electrons. The molecule has 1 N–H and O–H groups in total. The smallest absolute Gasteiger partial charge is 0.417 e. The summed E-state index contributed by atoms with van der Waals surface area (Å²) < 4.78 is 44.7. The van der Waals surface area contributed by atoms with Crippen molar-refractivity contribution >= 4 is 16.8 Å². The number of nitrogens with zero attached hydrogens (tertiary/aromatic N) is 3. The predicted octanol–water partition coefficient (Wildman–Crippen LogP) is 4.72. The minimum absolute atomic E-state index is 0.369. The lowest BCUT2D eigenvalue weighted by Gasteiger charge is -2.34. The van der Waals surface area contributed by atoms with Crippen LogP contribution in [0.25, 0.3) is 11.0 Å². The Morgan fingerprint density at radius 3 is 2.71 bits per heavy atom. The molecule has 8 heteroatoms. The van der Waals surface area contributed by atoms with Crippen molar-refractivity contribution in [3.63, 3.8) is 0 Å². The molecule has 5 nitrogen and oxygen atoms in total. The minimum atomic E-state index is -4.42. The van der Waals surface area contributed by atoms with E-state index in [-0.39, 0.29) is 6.04 Å². The average Bonchev–Trinajstić information content (AvgIpc) is 3.33. The molecule has 0 fully saturated rings. The summed E-state index contributed by atoms with van der Waals surface area (Å²) in [5, 5.41) is 0.959. The lowest BCUT2D eigenvalue weighted by Crippen LogP contribution is -2.36.